The van der Waals surface area contributed by atoms with Crippen molar-refractivity contribution in [3.05, 3.63) is 81.9 Å². The summed E-state index contributed by atoms with van der Waals surface area (Å²) in [6.45, 7) is 10.2. The van der Waals surface area contributed by atoms with Crippen LogP contribution in [0.4, 0.5) is 0 Å². The monoisotopic (exact) mass is 361 g/mol. The van der Waals surface area contributed by atoms with E-state index in [9.17, 15) is 5.11 Å². The van der Waals surface area contributed by atoms with Crippen molar-refractivity contribution in [2.75, 3.05) is 13.1 Å². The minimum atomic E-state index is -0.527. The van der Waals surface area contributed by atoms with Crippen molar-refractivity contribution in [1.82, 2.24) is 5.32 Å². The molecule has 0 aromatic heterocycles. The molecule has 2 N–H and O–H groups in total. The van der Waals surface area contributed by atoms with Crippen molar-refractivity contribution in [1.29, 1.82) is 0 Å². The second-order valence-electron chi connectivity index (χ2n) is 8.09. The zero-order chi connectivity index (χ0) is 19.4. The molecule has 27 heavy (non-hydrogen) atoms. The number of aliphatic hydroxyl groups excluding tert-OH is 1. The van der Waals surface area contributed by atoms with E-state index < -0.39 is 6.10 Å². The fourth-order valence-electron chi connectivity index (χ4n) is 3.43. The van der Waals surface area contributed by atoms with Crippen molar-refractivity contribution >= 4 is 12.2 Å². The number of nitrogens with one attached hydrogen (secondary N) is 1. The molecule has 0 saturated carbocycles. The van der Waals surface area contributed by atoms with Crippen LogP contribution in [-0.4, -0.2) is 24.3 Å². The number of hydrogen-bond acceptors (Lipinski definition) is 2. The molecule has 1 aliphatic heterocycles. The quantitative estimate of drug-likeness (QED) is 0.768. The van der Waals surface area contributed by atoms with Crippen LogP contribution in [0.5, 0.6) is 0 Å². The van der Waals surface area contributed by atoms with Crippen LogP contribution in [0, 0.1) is 0 Å². The van der Waals surface area contributed by atoms with Crippen molar-refractivity contribution in [2.45, 2.75) is 45.6 Å². The van der Waals surface area contributed by atoms with E-state index in [0.717, 1.165) is 35.4 Å². The lowest BCUT2D eigenvalue weighted by molar-refractivity contribution is 0.233. The molecule has 1 saturated heterocycles. The van der Waals surface area contributed by atoms with Gasteiger partial charge in [-0.15, -0.1) is 0 Å². The van der Waals surface area contributed by atoms with Crippen LogP contribution in [0.3, 0.4) is 0 Å². The van der Waals surface area contributed by atoms with Gasteiger partial charge in [0.1, 0.15) is 0 Å². The van der Waals surface area contributed by atoms with Crippen LogP contribution in [0.15, 0.2) is 59.7 Å². The van der Waals surface area contributed by atoms with Crippen LogP contribution in [0.2, 0.25) is 0 Å². The van der Waals surface area contributed by atoms with Gasteiger partial charge in [-0.25, -0.2) is 0 Å². The van der Waals surface area contributed by atoms with E-state index >= 15 is 0 Å². The first kappa shape index (κ1) is 19.6. The highest BCUT2D eigenvalue weighted by molar-refractivity contribution is 5.62. The Morgan fingerprint density at radius 2 is 1.11 bits per heavy atom. The topological polar surface area (TPSA) is 32.3 Å². The number of piperidine rings is 1. The molecule has 0 spiro atoms. The van der Waals surface area contributed by atoms with Crippen molar-refractivity contribution < 1.29 is 5.11 Å². The van der Waals surface area contributed by atoms with Gasteiger partial charge in [0.05, 0.1) is 6.10 Å². The first-order valence-electron chi connectivity index (χ1n) is 9.93. The van der Waals surface area contributed by atoms with Gasteiger partial charge in [0.2, 0.25) is 0 Å². The summed E-state index contributed by atoms with van der Waals surface area (Å²) in [5.41, 5.74) is 6.98. The summed E-state index contributed by atoms with van der Waals surface area (Å²) in [6.07, 6.45) is 3.69. The van der Waals surface area contributed by atoms with Gasteiger partial charge in [-0.2, -0.15) is 0 Å². The third-order valence-electron chi connectivity index (χ3n) is 5.27. The average molecular weight is 362 g/mol. The number of rotatable bonds is 4. The Hall–Kier alpha value is -2.16. The Morgan fingerprint density at radius 1 is 0.741 bits per heavy atom. The lowest BCUT2D eigenvalue weighted by Crippen LogP contribution is -2.35. The molecule has 0 amide bonds. The summed E-state index contributed by atoms with van der Waals surface area (Å²) < 4.78 is 0. The van der Waals surface area contributed by atoms with Crippen molar-refractivity contribution in [2.24, 2.45) is 0 Å². The van der Waals surface area contributed by atoms with Gasteiger partial charge in [0, 0.05) is 13.1 Å². The summed E-state index contributed by atoms with van der Waals surface area (Å²) >= 11 is 0. The van der Waals surface area contributed by atoms with E-state index in [1.807, 2.05) is 0 Å². The summed E-state index contributed by atoms with van der Waals surface area (Å²) in [4.78, 5) is 0. The van der Waals surface area contributed by atoms with Crippen LogP contribution < -0.4 is 5.32 Å². The predicted molar refractivity (Wildman–Crippen MR) is 116 cm³/mol. The predicted octanol–water partition coefficient (Wildman–Crippen LogP) is 5.36. The van der Waals surface area contributed by atoms with E-state index in [2.05, 4.69) is 93.7 Å². The van der Waals surface area contributed by atoms with Crippen LogP contribution in [0.1, 0.15) is 61.8 Å². The molecule has 0 aliphatic carbocycles. The third kappa shape index (κ3) is 4.97. The maximum absolute atomic E-state index is 10.9. The fraction of sp³-hybridized carbons (Fsp3) is 0.360. The first-order chi connectivity index (χ1) is 12.9. The molecule has 1 fully saturated rings. The van der Waals surface area contributed by atoms with E-state index in [-0.39, 0.29) is 0 Å². The van der Waals surface area contributed by atoms with E-state index in [1.165, 1.54) is 11.1 Å². The molecule has 1 aliphatic rings. The SMILES string of the molecule is CC(C)c1ccc(C=C2CNCC(=Cc3ccc(C(C)C)cc3)C2O)cc1. The van der Waals surface area contributed by atoms with Gasteiger partial charge in [-0.1, -0.05) is 88.4 Å². The van der Waals surface area contributed by atoms with Gasteiger partial charge < -0.3 is 10.4 Å². The highest BCUT2D eigenvalue weighted by Gasteiger charge is 2.20. The summed E-state index contributed by atoms with van der Waals surface area (Å²) in [5, 5.41) is 14.3. The molecule has 0 atom stereocenters. The van der Waals surface area contributed by atoms with E-state index in [1.54, 1.807) is 0 Å². The van der Waals surface area contributed by atoms with Crippen LogP contribution >= 0.6 is 0 Å². The molecule has 3 rings (SSSR count). The minimum Gasteiger partial charge on any atom is -0.384 e. The molecular formula is C25H31NO. The number of aliphatic hydroxyl groups is 1. The Balaban J connectivity index is 1.79. The highest BCUT2D eigenvalue weighted by atomic mass is 16.3. The summed E-state index contributed by atoms with van der Waals surface area (Å²) in [7, 11) is 0. The summed E-state index contributed by atoms with van der Waals surface area (Å²) in [6, 6.07) is 17.2. The van der Waals surface area contributed by atoms with Gasteiger partial charge in [-0.3, -0.25) is 0 Å². The Labute approximate surface area is 163 Å². The fourth-order valence-corrected chi connectivity index (χ4v) is 3.43. The Kier molecular flexibility index (Phi) is 6.30. The molecule has 1 heterocycles. The van der Waals surface area contributed by atoms with Crippen molar-refractivity contribution in [3.8, 4) is 0 Å². The maximum Gasteiger partial charge on any atom is 0.0992 e. The average Bonchev–Trinajstić information content (AvgIpc) is 2.66. The van der Waals surface area contributed by atoms with Crippen LogP contribution in [0.25, 0.3) is 12.2 Å². The van der Waals surface area contributed by atoms with E-state index in [4.69, 9.17) is 0 Å². The van der Waals surface area contributed by atoms with Gasteiger partial charge in [0.15, 0.2) is 0 Å². The molecule has 142 valence electrons. The Morgan fingerprint density at radius 3 is 1.44 bits per heavy atom. The molecule has 0 bridgehead atoms. The van der Waals surface area contributed by atoms with Gasteiger partial charge in [0.25, 0.3) is 0 Å². The minimum absolute atomic E-state index is 0.527. The lowest BCUT2D eigenvalue weighted by Gasteiger charge is -2.25. The standard InChI is InChI=1S/C25H31NO/c1-17(2)21-9-5-19(6-10-21)13-23-15-26-16-24(25(23)27)14-20-7-11-22(12-8-20)18(3)4/h5-14,17-18,25-27H,15-16H2,1-4H3. The first-order valence-corrected chi connectivity index (χ1v) is 9.93. The van der Waals surface area contributed by atoms with Gasteiger partial charge >= 0.3 is 0 Å². The second-order valence-corrected chi connectivity index (χ2v) is 8.09. The smallest absolute Gasteiger partial charge is 0.0992 e. The van der Waals surface area contributed by atoms with Gasteiger partial charge in [-0.05, 0) is 45.2 Å². The summed E-state index contributed by atoms with van der Waals surface area (Å²) in [5.74, 6) is 1.07. The highest BCUT2D eigenvalue weighted by Crippen LogP contribution is 2.23. The normalized spacial score (nSPS) is 20.8. The molecular weight excluding hydrogens is 330 g/mol. The molecule has 2 aromatic rings. The molecule has 2 nitrogen and oxygen atoms in total. The maximum atomic E-state index is 10.9. The zero-order valence-electron chi connectivity index (χ0n) is 16.9. The number of hydrogen-bond donors (Lipinski definition) is 2. The van der Waals surface area contributed by atoms with Crippen molar-refractivity contribution in [3.63, 3.8) is 0 Å². The number of benzene rings is 2. The molecule has 2 heteroatoms. The molecule has 0 unspecified atom stereocenters. The largest absolute Gasteiger partial charge is 0.384 e. The zero-order valence-corrected chi connectivity index (χ0v) is 16.9. The Bertz CT molecular complexity index is 741. The second kappa shape index (κ2) is 8.69. The molecule has 0 radical (unpaired) electrons. The van der Waals surface area contributed by atoms with Crippen LogP contribution in [-0.2, 0) is 0 Å². The third-order valence-corrected chi connectivity index (χ3v) is 5.27. The molecule has 2 aromatic carbocycles. The lowest BCUT2D eigenvalue weighted by atomic mass is 9.93. The van der Waals surface area contributed by atoms with E-state index in [0.29, 0.717) is 11.8 Å².